The van der Waals surface area contributed by atoms with Crippen LogP contribution >= 0.6 is 11.5 Å². The van der Waals surface area contributed by atoms with Gasteiger partial charge in [0.05, 0.1) is 0 Å². The largest absolute Gasteiger partial charge is 0.356 e. The van der Waals surface area contributed by atoms with Crippen LogP contribution in [-0.4, -0.2) is 14.3 Å². The smallest absolute Gasteiger partial charge is 0.202 e. The molecule has 0 aliphatic heterocycles. The summed E-state index contributed by atoms with van der Waals surface area (Å²) in [6.07, 6.45) is 3.41. The van der Waals surface area contributed by atoms with Crippen molar-refractivity contribution in [2.75, 3.05) is 5.32 Å². The fourth-order valence-corrected chi connectivity index (χ4v) is 1.46. The van der Waals surface area contributed by atoms with Gasteiger partial charge < -0.3 is 5.32 Å². The van der Waals surface area contributed by atoms with Gasteiger partial charge >= 0.3 is 0 Å². The summed E-state index contributed by atoms with van der Waals surface area (Å²) in [5.41, 5.74) is 2.18. The minimum Gasteiger partial charge on any atom is -0.356 e. The molecule has 2 heterocycles. The number of rotatable bonds is 3. The monoisotopic (exact) mass is 206 g/mol. The number of nitrogens with one attached hydrogen (secondary N) is 1. The molecule has 1 N–H and O–H groups in total. The Balaban J connectivity index is 1.95. The minimum atomic E-state index is 0.739. The van der Waals surface area contributed by atoms with Crippen molar-refractivity contribution in [2.24, 2.45) is 0 Å². The zero-order chi connectivity index (χ0) is 9.80. The molecule has 0 amide bonds. The highest BCUT2D eigenvalue weighted by atomic mass is 32.1. The Bertz CT molecular complexity index is 382. The lowest BCUT2D eigenvalue weighted by molar-refractivity contribution is 1.08. The van der Waals surface area contributed by atoms with E-state index in [1.54, 1.807) is 6.33 Å². The Morgan fingerprint density at radius 2 is 2.29 bits per heavy atom. The summed E-state index contributed by atoms with van der Waals surface area (Å²) in [6.45, 7) is 2.71. The maximum atomic E-state index is 4.21. The molecule has 4 nitrogen and oxygen atoms in total. The van der Waals surface area contributed by atoms with Gasteiger partial charge in [-0.15, -0.1) is 0 Å². The Kier molecular flexibility index (Phi) is 2.69. The molecule has 0 atom stereocenters. The van der Waals surface area contributed by atoms with Crippen molar-refractivity contribution in [3.63, 3.8) is 0 Å². The maximum absolute atomic E-state index is 4.21. The Labute approximate surface area is 86.2 Å². The molecule has 0 saturated carbocycles. The van der Waals surface area contributed by atoms with E-state index >= 15 is 0 Å². The highest BCUT2D eigenvalue weighted by Crippen LogP contribution is 2.08. The highest BCUT2D eigenvalue weighted by Gasteiger charge is 1.96. The first-order chi connectivity index (χ1) is 6.84. The molecule has 72 valence electrons. The SMILES string of the molecule is Cc1ccc(CNc2ncns2)cn1. The second-order valence-electron chi connectivity index (χ2n) is 2.91. The molecule has 0 fully saturated rings. The number of aryl methyl sites for hydroxylation is 1. The highest BCUT2D eigenvalue weighted by molar-refractivity contribution is 7.09. The van der Waals surface area contributed by atoms with Crippen LogP contribution in [0.2, 0.25) is 0 Å². The van der Waals surface area contributed by atoms with Crippen LogP contribution in [0.25, 0.3) is 0 Å². The molecular weight excluding hydrogens is 196 g/mol. The van der Waals surface area contributed by atoms with E-state index in [4.69, 9.17) is 0 Å². The van der Waals surface area contributed by atoms with Gasteiger partial charge in [0.25, 0.3) is 0 Å². The quantitative estimate of drug-likeness (QED) is 0.832. The molecule has 2 rings (SSSR count). The van der Waals surface area contributed by atoms with Crippen LogP contribution in [0.5, 0.6) is 0 Å². The lowest BCUT2D eigenvalue weighted by Crippen LogP contribution is -1.99. The summed E-state index contributed by atoms with van der Waals surface area (Å²) in [4.78, 5) is 8.23. The lowest BCUT2D eigenvalue weighted by atomic mass is 10.2. The summed E-state index contributed by atoms with van der Waals surface area (Å²) in [7, 11) is 0. The maximum Gasteiger partial charge on any atom is 0.202 e. The van der Waals surface area contributed by atoms with E-state index in [1.165, 1.54) is 11.5 Å². The molecule has 0 unspecified atom stereocenters. The van der Waals surface area contributed by atoms with Crippen LogP contribution in [-0.2, 0) is 6.54 Å². The number of hydrogen-bond acceptors (Lipinski definition) is 5. The van der Waals surface area contributed by atoms with Crippen LogP contribution in [0.15, 0.2) is 24.7 Å². The van der Waals surface area contributed by atoms with Crippen molar-refractivity contribution in [1.82, 2.24) is 14.3 Å². The van der Waals surface area contributed by atoms with E-state index < -0.39 is 0 Å². The summed E-state index contributed by atoms with van der Waals surface area (Å²) in [5.74, 6) is 0. The third kappa shape index (κ3) is 2.26. The van der Waals surface area contributed by atoms with Crippen LogP contribution in [0.1, 0.15) is 11.3 Å². The predicted molar refractivity (Wildman–Crippen MR) is 56.2 cm³/mol. The topological polar surface area (TPSA) is 50.7 Å². The van der Waals surface area contributed by atoms with Crippen molar-refractivity contribution in [3.05, 3.63) is 35.9 Å². The third-order valence-corrected chi connectivity index (χ3v) is 2.40. The van der Waals surface area contributed by atoms with Gasteiger partial charge in [0.15, 0.2) is 0 Å². The molecule has 5 heteroatoms. The number of hydrogen-bond donors (Lipinski definition) is 1. The summed E-state index contributed by atoms with van der Waals surface area (Å²) < 4.78 is 3.90. The number of pyridine rings is 1. The molecule has 0 aromatic carbocycles. The predicted octanol–water partition coefficient (Wildman–Crippen LogP) is 1.85. The standard InChI is InChI=1S/C9H10N4S/c1-7-2-3-8(4-10-7)5-11-9-12-6-13-14-9/h2-4,6H,5H2,1H3,(H,11,12,13). The van der Waals surface area contributed by atoms with Gasteiger partial charge in [-0.1, -0.05) is 6.07 Å². The van der Waals surface area contributed by atoms with Gasteiger partial charge in [0.1, 0.15) is 6.33 Å². The summed E-state index contributed by atoms with van der Waals surface area (Å²) in [5, 5.41) is 4.00. The van der Waals surface area contributed by atoms with Crippen molar-refractivity contribution in [1.29, 1.82) is 0 Å². The van der Waals surface area contributed by atoms with Crippen molar-refractivity contribution < 1.29 is 0 Å². The van der Waals surface area contributed by atoms with Gasteiger partial charge in [-0.3, -0.25) is 4.98 Å². The Morgan fingerprint density at radius 1 is 1.36 bits per heavy atom. The normalized spacial score (nSPS) is 10.1. The van der Waals surface area contributed by atoms with E-state index in [-0.39, 0.29) is 0 Å². The van der Waals surface area contributed by atoms with E-state index in [0.29, 0.717) is 0 Å². The van der Waals surface area contributed by atoms with Crippen molar-refractivity contribution in [3.8, 4) is 0 Å². The van der Waals surface area contributed by atoms with Gasteiger partial charge in [-0.2, -0.15) is 4.37 Å². The molecule has 14 heavy (non-hydrogen) atoms. The molecule has 0 radical (unpaired) electrons. The zero-order valence-electron chi connectivity index (χ0n) is 7.77. The third-order valence-electron chi connectivity index (χ3n) is 1.78. The Morgan fingerprint density at radius 3 is 2.93 bits per heavy atom. The van der Waals surface area contributed by atoms with Crippen LogP contribution in [0.4, 0.5) is 5.13 Å². The van der Waals surface area contributed by atoms with Crippen LogP contribution in [0, 0.1) is 6.92 Å². The molecule has 0 saturated heterocycles. The summed E-state index contributed by atoms with van der Waals surface area (Å²) in [6, 6.07) is 4.05. The molecule has 0 aliphatic carbocycles. The molecule has 2 aromatic heterocycles. The van der Waals surface area contributed by atoms with Crippen molar-refractivity contribution >= 4 is 16.7 Å². The van der Waals surface area contributed by atoms with E-state index in [9.17, 15) is 0 Å². The first-order valence-corrected chi connectivity index (χ1v) is 5.04. The van der Waals surface area contributed by atoms with Crippen molar-refractivity contribution in [2.45, 2.75) is 13.5 Å². The average molecular weight is 206 g/mol. The molecule has 0 spiro atoms. The lowest BCUT2D eigenvalue weighted by Gasteiger charge is -2.01. The first kappa shape index (κ1) is 9.08. The molecule has 2 aromatic rings. The Hall–Kier alpha value is -1.49. The average Bonchev–Trinajstić information content (AvgIpc) is 2.70. The van der Waals surface area contributed by atoms with E-state index in [0.717, 1.165) is 22.9 Å². The van der Waals surface area contributed by atoms with Crippen LogP contribution in [0.3, 0.4) is 0 Å². The summed E-state index contributed by atoms with van der Waals surface area (Å²) >= 11 is 1.35. The van der Waals surface area contributed by atoms with Gasteiger partial charge in [0, 0.05) is 30.0 Å². The molecular formula is C9H10N4S. The molecule has 0 bridgehead atoms. The fourth-order valence-electron chi connectivity index (χ4n) is 1.03. The number of anilines is 1. The van der Waals surface area contributed by atoms with Gasteiger partial charge in [-0.25, -0.2) is 4.98 Å². The first-order valence-electron chi connectivity index (χ1n) is 4.26. The molecule has 0 aliphatic rings. The second kappa shape index (κ2) is 4.15. The zero-order valence-corrected chi connectivity index (χ0v) is 8.58. The number of nitrogens with zero attached hydrogens (tertiary/aromatic N) is 3. The van der Waals surface area contributed by atoms with E-state index in [2.05, 4.69) is 25.7 Å². The van der Waals surface area contributed by atoms with Gasteiger partial charge in [0.2, 0.25) is 5.13 Å². The van der Waals surface area contributed by atoms with Gasteiger partial charge in [-0.05, 0) is 18.6 Å². The fraction of sp³-hybridized carbons (Fsp3) is 0.222. The van der Waals surface area contributed by atoms with Crippen LogP contribution < -0.4 is 5.32 Å². The second-order valence-corrected chi connectivity index (χ2v) is 3.69. The number of aromatic nitrogens is 3. The minimum absolute atomic E-state index is 0.739. The van der Waals surface area contributed by atoms with E-state index in [1.807, 2.05) is 19.2 Å².